The van der Waals surface area contributed by atoms with E-state index < -0.39 is 52.8 Å². The molecule has 1 aliphatic carbocycles. The summed E-state index contributed by atoms with van der Waals surface area (Å²) in [7, 11) is 4.60. The van der Waals surface area contributed by atoms with E-state index in [1.54, 1.807) is 32.1 Å². The van der Waals surface area contributed by atoms with Gasteiger partial charge in [0.25, 0.3) is 5.91 Å². The molecule has 55 heavy (non-hydrogen) atoms. The Morgan fingerprint density at radius 1 is 0.945 bits per heavy atom. The van der Waals surface area contributed by atoms with Crippen LogP contribution in [0.1, 0.15) is 76.1 Å². The summed E-state index contributed by atoms with van der Waals surface area (Å²) in [5.74, 6) is -0.611. The number of cyclic esters (lactones) is 1. The first-order chi connectivity index (χ1) is 26.3. The number of fused-ring (bicyclic) bond motifs is 3. The molecule has 0 bridgehead atoms. The van der Waals surface area contributed by atoms with Crippen LogP contribution >= 0.6 is 0 Å². The van der Waals surface area contributed by atoms with Gasteiger partial charge in [0.05, 0.1) is 51.0 Å². The quantitative estimate of drug-likeness (QED) is 0.225. The second kappa shape index (κ2) is 14.4. The van der Waals surface area contributed by atoms with Gasteiger partial charge < -0.3 is 38.9 Å². The maximum Gasteiger partial charge on any atom is 0.310 e. The Kier molecular flexibility index (Phi) is 9.97. The lowest BCUT2D eigenvalue weighted by molar-refractivity contribution is -0.185. The molecule has 1 fully saturated rings. The van der Waals surface area contributed by atoms with E-state index in [4.69, 9.17) is 28.4 Å². The fourth-order valence-electron chi connectivity index (χ4n) is 8.83. The molecule has 0 spiro atoms. The Bertz CT molecular complexity index is 2000. The Morgan fingerprint density at radius 2 is 1.58 bits per heavy atom. The number of benzene rings is 3. The van der Waals surface area contributed by atoms with Crippen LogP contribution in [0, 0.1) is 11.8 Å². The van der Waals surface area contributed by atoms with E-state index in [-0.39, 0.29) is 19.3 Å². The van der Waals surface area contributed by atoms with Gasteiger partial charge in [-0.05, 0) is 87.2 Å². The van der Waals surface area contributed by atoms with Crippen LogP contribution in [0.4, 0.5) is 5.69 Å². The van der Waals surface area contributed by atoms with E-state index in [9.17, 15) is 19.6 Å². The van der Waals surface area contributed by atoms with E-state index in [1.807, 2.05) is 63.2 Å². The summed E-state index contributed by atoms with van der Waals surface area (Å²) >= 11 is 0. The SMILES string of the molecule is CCCC(C(=O)N[C@@H]1c2cc3c(cc2[C@@H](c2cc(OC)c(OC)c(OC)c2)[C@H]2C(=O)OC[C@@H]21)OCO3)N(C(=O)C1=CC(C)(C)N(O)C1(C)C)c1ccccc1. The smallest absolute Gasteiger partial charge is 0.310 e. The van der Waals surface area contributed by atoms with E-state index in [0.717, 1.165) is 16.7 Å². The number of carbonyl (C=O) groups excluding carboxylic acids is 3. The molecule has 2 amide bonds. The number of hydrogen-bond acceptors (Lipinski definition) is 11. The van der Waals surface area contributed by atoms with Gasteiger partial charge in [-0.3, -0.25) is 19.3 Å². The van der Waals surface area contributed by atoms with Crippen molar-refractivity contribution in [1.82, 2.24) is 10.4 Å². The molecule has 13 nitrogen and oxygen atoms in total. The third-order valence-corrected chi connectivity index (χ3v) is 11.4. The van der Waals surface area contributed by atoms with Crippen molar-refractivity contribution >= 4 is 23.5 Å². The molecule has 0 aromatic heterocycles. The van der Waals surface area contributed by atoms with Crippen LogP contribution < -0.4 is 33.9 Å². The number of nitrogens with one attached hydrogen (secondary N) is 1. The molecule has 1 unspecified atom stereocenters. The third kappa shape index (κ3) is 6.32. The zero-order valence-electron chi connectivity index (χ0n) is 32.5. The van der Waals surface area contributed by atoms with Crippen molar-refractivity contribution in [3.63, 3.8) is 0 Å². The molecule has 292 valence electrons. The molecular weight excluding hydrogens is 706 g/mol. The summed E-state index contributed by atoms with van der Waals surface area (Å²) in [6.45, 7) is 9.28. The molecule has 1 saturated heterocycles. The molecule has 13 heteroatoms. The van der Waals surface area contributed by atoms with Crippen molar-refractivity contribution in [3.05, 3.63) is 82.9 Å². The molecule has 3 heterocycles. The van der Waals surface area contributed by atoms with Crippen LogP contribution in [0.15, 0.2) is 66.2 Å². The number of amides is 2. The average Bonchev–Trinajstić information content (AvgIpc) is 3.85. The van der Waals surface area contributed by atoms with E-state index in [1.165, 1.54) is 31.3 Å². The van der Waals surface area contributed by atoms with Gasteiger partial charge in [0.15, 0.2) is 23.0 Å². The summed E-state index contributed by atoms with van der Waals surface area (Å²) in [4.78, 5) is 45.2. The van der Waals surface area contributed by atoms with E-state index >= 15 is 0 Å². The minimum atomic E-state index is -1.04. The number of rotatable bonds is 11. The van der Waals surface area contributed by atoms with Gasteiger partial charge >= 0.3 is 5.97 Å². The van der Waals surface area contributed by atoms with Gasteiger partial charge in [0, 0.05) is 23.1 Å². The maximum atomic E-state index is 15.0. The first-order valence-electron chi connectivity index (χ1n) is 18.6. The fraction of sp³-hybridized carbons (Fsp3) is 0.452. The first kappa shape index (κ1) is 38.0. The minimum absolute atomic E-state index is 0.0278. The molecular formula is C42H49N3O10. The maximum absolute atomic E-state index is 15.0. The highest BCUT2D eigenvalue weighted by Gasteiger charge is 2.54. The number of anilines is 1. The van der Waals surface area contributed by atoms with Crippen LogP contribution in [0.25, 0.3) is 0 Å². The molecule has 0 radical (unpaired) electrons. The molecule has 2 N–H and O–H groups in total. The monoisotopic (exact) mass is 755 g/mol. The second-order valence-electron chi connectivity index (χ2n) is 15.5. The topological polar surface area (TPSA) is 145 Å². The number of hydroxylamine groups is 2. The van der Waals surface area contributed by atoms with Crippen LogP contribution in [-0.2, 0) is 19.1 Å². The highest BCUT2D eigenvalue weighted by atomic mass is 16.7. The van der Waals surface area contributed by atoms with Crippen molar-refractivity contribution in [2.75, 3.05) is 39.6 Å². The molecule has 0 saturated carbocycles. The number of esters is 1. The standard InChI is InChI=1S/C42H49N3O10/c1-9-13-29(44(24-14-11-10-12-15-24)39(47)28-20-41(2,3)45(49)42(28,4)5)38(46)43-36-26-19-31-30(54-22-55-31)18-25(26)34(35-27(36)21-53-40(35)48)23-16-32(50-6)37(52-8)33(17-23)51-7/h10-12,14-20,27,29,34-36,49H,9,13,21-22H2,1-8H3,(H,43,46)/t27-,29?,34+,35-,36+/m0/s1. The van der Waals surface area contributed by atoms with E-state index in [2.05, 4.69) is 5.32 Å². The summed E-state index contributed by atoms with van der Waals surface area (Å²) < 4.78 is 34.5. The van der Waals surface area contributed by atoms with Crippen molar-refractivity contribution in [2.45, 2.75) is 76.5 Å². The molecule has 5 atom stereocenters. The molecule has 4 aliphatic rings. The summed E-state index contributed by atoms with van der Waals surface area (Å²) in [5.41, 5.74) is 1.26. The summed E-state index contributed by atoms with van der Waals surface area (Å²) in [6, 6.07) is 14.8. The molecule has 3 aliphatic heterocycles. The van der Waals surface area contributed by atoms with Crippen molar-refractivity contribution in [1.29, 1.82) is 0 Å². The van der Waals surface area contributed by atoms with Gasteiger partial charge in [0.2, 0.25) is 18.4 Å². The van der Waals surface area contributed by atoms with Crippen LogP contribution in [-0.4, -0.2) is 79.9 Å². The zero-order chi connectivity index (χ0) is 39.4. The average molecular weight is 756 g/mol. The van der Waals surface area contributed by atoms with Gasteiger partial charge in [-0.15, -0.1) is 0 Å². The minimum Gasteiger partial charge on any atom is -0.493 e. The fourth-order valence-corrected chi connectivity index (χ4v) is 8.83. The Labute approximate surface area is 321 Å². The first-order valence-corrected chi connectivity index (χ1v) is 18.6. The number of nitrogens with zero attached hydrogens (tertiary/aromatic N) is 2. The second-order valence-corrected chi connectivity index (χ2v) is 15.5. The lowest BCUT2D eigenvalue weighted by atomic mass is 9.65. The van der Waals surface area contributed by atoms with Gasteiger partial charge in [-0.1, -0.05) is 37.6 Å². The highest BCUT2D eigenvalue weighted by Crippen LogP contribution is 2.56. The predicted octanol–water partition coefficient (Wildman–Crippen LogP) is 5.92. The van der Waals surface area contributed by atoms with Crippen molar-refractivity contribution in [3.8, 4) is 28.7 Å². The van der Waals surface area contributed by atoms with Crippen LogP contribution in [0.2, 0.25) is 0 Å². The summed E-state index contributed by atoms with van der Waals surface area (Å²) in [6.07, 6.45) is 2.69. The molecule has 3 aromatic rings. The summed E-state index contributed by atoms with van der Waals surface area (Å²) in [5, 5.41) is 15.6. The highest BCUT2D eigenvalue weighted by molar-refractivity contribution is 6.11. The lowest BCUT2D eigenvalue weighted by Gasteiger charge is -2.41. The predicted molar refractivity (Wildman–Crippen MR) is 202 cm³/mol. The number of carbonyl (C=O) groups is 3. The zero-order valence-corrected chi connectivity index (χ0v) is 32.5. The number of methoxy groups -OCH3 is 3. The van der Waals surface area contributed by atoms with Gasteiger partial charge in [-0.25, -0.2) is 0 Å². The Balaban J connectivity index is 1.34. The number of ether oxygens (including phenoxy) is 6. The number of para-hydroxylation sites is 1. The third-order valence-electron chi connectivity index (χ3n) is 11.4. The normalized spacial score (nSPS) is 23.5. The van der Waals surface area contributed by atoms with Gasteiger partial charge in [0.1, 0.15) is 6.04 Å². The molecule has 3 aromatic carbocycles. The largest absolute Gasteiger partial charge is 0.493 e. The van der Waals surface area contributed by atoms with Crippen molar-refractivity contribution in [2.24, 2.45) is 11.8 Å². The lowest BCUT2D eigenvalue weighted by Crippen LogP contribution is -2.55. The van der Waals surface area contributed by atoms with Crippen molar-refractivity contribution < 1.29 is 48.0 Å². The number of hydrogen-bond donors (Lipinski definition) is 2. The van der Waals surface area contributed by atoms with Crippen LogP contribution in [0.5, 0.6) is 28.7 Å². The molecule has 7 rings (SSSR count). The van der Waals surface area contributed by atoms with E-state index in [0.29, 0.717) is 52.8 Å². The van der Waals surface area contributed by atoms with Crippen LogP contribution in [0.3, 0.4) is 0 Å². The van der Waals surface area contributed by atoms with Gasteiger partial charge in [-0.2, -0.15) is 5.06 Å². The Hall–Kier alpha value is -5.27. The Morgan fingerprint density at radius 3 is 2.15 bits per heavy atom.